The lowest BCUT2D eigenvalue weighted by atomic mass is 10.2. The van der Waals surface area contributed by atoms with Crippen LogP contribution in [0.25, 0.3) is 10.2 Å². The zero-order chi connectivity index (χ0) is 8.72. The van der Waals surface area contributed by atoms with E-state index >= 15 is 0 Å². The predicted molar refractivity (Wildman–Crippen MR) is 53.5 cm³/mol. The van der Waals surface area contributed by atoms with Crippen LogP contribution in [0, 0.1) is 13.8 Å². The summed E-state index contributed by atoms with van der Waals surface area (Å²) < 4.78 is 1.18. The molecule has 0 amide bonds. The largest absolute Gasteiger partial charge is 0.397 e. The van der Waals surface area contributed by atoms with E-state index in [0.717, 1.165) is 21.8 Å². The zero-order valence-corrected chi connectivity index (χ0v) is 7.90. The van der Waals surface area contributed by atoms with Crippen molar-refractivity contribution in [1.82, 2.24) is 4.98 Å². The first-order chi connectivity index (χ1) is 5.68. The van der Waals surface area contributed by atoms with E-state index in [0.29, 0.717) is 0 Å². The van der Waals surface area contributed by atoms with E-state index in [1.165, 1.54) is 4.70 Å². The normalized spacial score (nSPS) is 10.8. The van der Waals surface area contributed by atoms with E-state index < -0.39 is 0 Å². The molecule has 1 aromatic carbocycles. The van der Waals surface area contributed by atoms with E-state index in [2.05, 4.69) is 11.1 Å². The van der Waals surface area contributed by atoms with Gasteiger partial charge in [0, 0.05) is 0 Å². The van der Waals surface area contributed by atoms with Gasteiger partial charge in [0.2, 0.25) is 0 Å². The second-order valence-electron chi connectivity index (χ2n) is 2.88. The summed E-state index contributed by atoms with van der Waals surface area (Å²) in [7, 11) is 0. The molecule has 0 aliphatic carbocycles. The highest BCUT2D eigenvalue weighted by Gasteiger charge is 2.04. The quantitative estimate of drug-likeness (QED) is 0.629. The minimum absolute atomic E-state index is 0.817. The summed E-state index contributed by atoms with van der Waals surface area (Å²) in [4.78, 5) is 4.37. The van der Waals surface area contributed by atoms with E-state index in [9.17, 15) is 0 Å². The second kappa shape index (κ2) is 2.45. The van der Waals surface area contributed by atoms with Crippen molar-refractivity contribution in [2.75, 3.05) is 5.73 Å². The summed E-state index contributed by atoms with van der Waals surface area (Å²) in [5.74, 6) is 0. The van der Waals surface area contributed by atoms with Crippen molar-refractivity contribution >= 4 is 27.2 Å². The monoisotopic (exact) mass is 178 g/mol. The van der Waals surface area contributed by atoms with Crippen molar-refractivity contribution in [3.8, 4) is 0 Å². The highest BCUT2D eigenvalue weighted by molar-refractivity contribution is 7.18. The Kier molecular flexibility index (Phi) is 1.54. The number of fused-ring (bicyclic) bond motifs is 1. The third kappa shape index (κ3) is 0.975. The molecule has 12 heavy (non-hydrogen) atoms. The van der Waals surface area contributed by atoms with Gasteiger partial charge < -0.3 is 5.73 Å². The number of thiazole rings is 1. The highest BCUT2D eigenvalue weighted by Crippen LogP contribution is 2.28. The van der Waals surface area contributed by atoms with Crippen LogP contribution in [-0.2, 0) is 0 Å². The van der Waals surface area contributed by atoms with Crippen LogP contribution in [0.4, 0.5) is 5.69 Å². The molecule has 1 heterocycles. The molecule has 0 saturated heterocycles. The number of nitrogen functional groups attached to an aromatic ring is 1. The van der Waals surface area contributed by atoms with Gasteiger partial charge >= 0.3 is 0 Å². The van der Waals surface area contributed by atoms with E-state index in [1.54, 1.807) is 11.3 Å². The second-order valence-corrected chi connectivity index (χ2v) is 4.11. The number of hydrogen-bond acceptors (Lipinski definition) is 3. The molecule has 0 aliphatic rings. The molecule has 0 saturated carbocycles. The van der Waals surface area contributed by atoms with Crippen LogP contribution in [0.5, 0.6) is 0 Å². The standard InChI is InChI=1S/C9H10N2S/c1-5-3-4-7-9(8(5)10)11-6(2)12-7/h3-4H,10H2,1-2H3. The molecule has 3 heteroatoms. The lowest BCUT2D eigenvalue weighted by Gasteiger charge is -1.98. The Morgan fingerprint density at radius 1 is 1.33 bits per heavy atom. The number of aryl methyl sites for hydroxylation is 2. The Morgan fingerprint density at radius 3 is 2.83 bits per heavy atom. The van der Waals surface area contributed by atoms with Gasteiger partial charge in [0.15, 0.2) is 0 Å². The van der Waals surface area contributed by atoms with Gasteiger partial charge in [-0.2, -0.15) is 0 Å². The van der Waals surface area contributed by atoms with Gasteiger partial charge in [0.1, 0.15) is 5.52 Å². The molecule has 2 N–H and O–H groups in total. The predicted octanol–water partition coefficient (Wildman–Crippen LogP) is 2.50. The van der Waals surface area contributed by atoms with Crippen molar-refractivity contribution in [2.24, 2.45) is 0 Å². The van der Waals surface area contributed by atoms with Gasteiger partial charge in [0.25, 0.3) is 0 Å². The zero-order valence-electron chi connectivity index (χ0n) is 7.09. The maximum absolute atomic E-state index is 5.88. The molecule has 2 aromatic rings. The molecule has 0 spiro atoms. The average molecular weight is 178 g/mol. The van der Waals surface area contributed by atoms with E-state index in [4.69, 9.17) is 5.73 Å². The van der Waals surface area contributed by atoms with Gasteiger partial charge in [-0.3, -0.25) is 0 Å². The topological polar surface area (TPSA) is 38.9 Å². The molecule has 0 radical (unpaired) electrons. The Labute approximate surface area is 75.0 Å². The summed E-state index contributed by atoms with van der Waals surface area (Å²) in [6.07, 6.45) is 0. The smallest absolute Gasteiger partial charge is 0.105 e. The maximum atomic E-state index is 5.88. The molecule has 0 atom stereocenters. The number of nitrogens with two attached hydrogens (primary N) is 1. The lowest BCUT2D eigenvalue weighted by Crippen LogP contribution is -1.89. The summed E-state index contributed by atoms with van der Waals surface area (Å²) >= 11 is 1.68. The van der Waals surface area contributed by atoms with E-state index in [-0.39, 0.29) is 0 Å². The molecular weight excluding hydrogens is 168 g/mol. The summed E-state index contributed by atoms with van der Waals surface area (Å²) in [5, 5.41) is 1.07. The summed E-state index contributed by atoms with van der Waals surface area (Å²) in [5.41, 5.74) is 8.75. The first-order valence-electron chi connectivity index (χ1n) is 3.80. The van der Waals surface area contributed by atoms with Crippen molar-refractivity contribution in [3.63, 3.8) is 0 Å². The van der Waals surface area contributed by atoms with E-state index in [1.807, 2.05) is 19.9 Å². The third-order valence-electron chi connectivity index (χ3n) is 1.92. The maximum Gasteiger partial charge on any atom is 0.105 e. The molecule has 2 rings (SSSR count). The third-order valence-corrected chi connectivity index (χ3v) is 2.86. The van der Waals surface area contributed by atoms with Crippen LogP contribution in [0.3, 0.4) is 0 Å². The van der Waals surface area contributed by atoms with Crippen LogP contribution in [-0.4, -0.2) is 4.98 Å². The van der Waals surface area contributed by atoms with Crippen molar-refractivity contribution in [2.45, 2.75) is 13.8 Å². The number of aromatic nitrogens is 1. The molecule has 2 nitrogen and oxygen atoms in total. The first-order valence-corrected chi connectivity index (χ1v) is 4.62. The van der Waals surface area contributed by atoms with Crippen LogP contribution in [0.15, 0.2) is 12.1 Å². The van der Waals surface area contributed by atoms with Gasteiger partial charge in [-0.25, -0.2) is 4.98 Å². The van der Waals surface area contributed by atoms with Gasteiger partial charge in [-0.05, 0) is 25.5 Å². The van der Waals surface area contributed by atoms with Crippen LogP contribution < -0.4 is 5.73 Å². The Hall–Kier alpha value is -1.09. The fraction of sp³-hybridized carbons (Fsp3) is 0.222. The summed E-state index contributed by atoms with van der Waals surface area (Å²) in [6.45, 7) is 4.00. The Morgan fingerprint density at radius 2 is 2.08 bits per heavy atom. The van der Waals surface area contributed by atoms with Gasteiger partial charge in [-0.15, -0.1) is 11.3 Å². The molecule has 0 unspecified atom stereocenters. The molecule has 0 fully saturated rings. The molecule has 62 valence electrons. The fourth-order valence-electron chi connectivity index (χ4n) is 1.23. The Balaban J connectivity index is 2.89. The van der Waals surface area contributed by atoms with Crippen LogP contribution >= 0.6 is 11.3 Å². The molecular formula is C9H10N2S. The fourth-order valence-corrected chi connectivity index (χ4v) is 2.07. The number of hydrogen-bond donors (Lipinski definition) is 1. The molecule has 0 aliphatic heterocycles. The SMILES string of the molecule is Cc1nc2c(N)c(C)ccc2s1. The van der Waals surface area contributed by atoms with Crippen LogP contribution in [0.1, 0.15) is 10.6 Å². The summed E-state index contributed by atoms with van der Waals surface area (Å²) in [6, 6.07) is 4.11. The highest BCUT2D eigenvalue weighted by atomic mass is 32.1. The average Bonchev–Trinajstić information content (AvgIpc) is 2.39. The van der Waals surface area contributed by atoms with Crippen molar-refractivity contribution < 1.29 is 0 Å². The first kappa shape index (κ1) is 7.55. The van der Waals surface area contributed by atoms with Crippen LogP contribution in [0.2, 0.25) is 0 Å². The van der Waals surface area contributed by atoms with Crippen molar-refractivity contribution in [1.29, 1.82) is 0 Å². The number of benzene rings is 1. The number of rotatable bonds is 0. The van der Waals surface area contributed by atoms with Gasteiger partial charge in [-0.1, -0.05) is 6.07 Å². The minimum atomic E-state index is 0.817. The molecule has 0 bridgehead atoms. The number of anilines is 1. The molecule has 1 aromatic heterocycles. The lowest BCUT2D eigenvalue weighted by molar-refractivity contribution is 1.34. The van der Waals surface area contributed by atoms with Crippen molar-refractivity contribution in [3.05, 3.63) is 22.7 Å². The van der Waals surface area contributed by atoms with Gasteiger partial charge in [0.05, 0.1) is 15.4 Å². The number of nitrogens with zero attached hydrogens (tertiary/aromatic N) is 1. The minimum Gasteiger partial charge on any atom is -0.397 e. The Bertz CT molecular complexity index is 431.